The van der Waals surface area contributed by atoms with E-state index in [4.69, 9.17) is 0 Å². The van der Waals surface area contributed by atoms with Gasteiger partial charge in [-0.2, -0.15) is 24.9 Å². The van der Waals surface area contributed by atoms with Gasteiger partial charge in [-0.3, -0.25) is 4.79 Å². The Balaban J connectivity index is 1.93. The number of nitrogens with one attached hydrogen (secondary N) is 1. The van der Waals surface area contributed by atoms with E-state index < -0.39 is 23.2 Å². The van der Waals surface area contributed by atoms with E-state index in [1.807, 2.05) is 0 Å². The summed E-state index contributed by atoms with van der Waals surface area (Å²) in [4.78, 5) is 11.8. The summed E-state index contributed by atoms with van der Waals surface area (Å²) in [7, 11) is 0. The largest absolute Gasteiger partial charge is 0.416 e. The second kappa shape index (κ2) is 6.63. The maximum Gasteiger partial charge on any atom is 0.416 e. The summed E-state index contributed by atoms with van der Waals surface area (Å²) in [6.45, 7) is -0.0257. The molecule has 1 aromatic carbocycles. The highest BCUT2D eigenvalue weighted by Gasteiger charge is 2.39. The molecule has 0 spiro atoms. The summed E-state index contributed by atoms with van der Waals surface area (Å²) in [5.41, 5.74) is -1.90. The Morgan fingerprint density at radius 2 is 2.23 bits per heavy atom. The van der Waals surface area contributed by atoms with E-state index in [0.717, 1.165) is 17.9 Å². The van der Waals surface area contributed by atoms with Crippen LogP contribution < -0.4 is 5.32 Å². The molecule has 3 nitrogen and oxygen atoms in total. The molecule has 1 aliphatic rings. The van der Waals surface area contributed by atoms with Crippen LogP contribution in [0.5, 0.6) is 0 Å². The quantitative estimate of drug-likeness (QED) is 0.817. The Bertz CT molecular complexity index is 613. The van der Waals surface area contributed by atoms with Crippen LogP contribution in [0.2, 0.25) is 0 Å². The first-order valence-electron chi connectivity index (χ1n) is 6.56. The lowest BCUT2D eigenvalue weighted by Gasteiger charge is -2.19. The van der Waals surface area contributed by atoms with Gasteiger partial charge in [0.15, 0.2) is 5.60 Å². The molecule has 0 saturated carbocycles. The molecule has 1 saturated heterocycles. The Kier molecular flexibility index (Phi) is 5.04. The number of amides is 1. The van der Waals surface area contributed by atoms with E-state index in [-0.39, 0.29) is 12.1 Å². The maximum atomic E-state index is 12.5. The number of hydrogen-bond acceptors (Lipinski definition) is 3. The topological polar surface area (TPSA) is 49.3 Å². The normalized spacial score (nSPS) is 21.1. The summed E-state index contributed by atoms with van der Waals surface area (Å²) in [5.74, 6) is 5.73. The fourth-order valence-electron chi connectivity index (χ4n) is 1.94. The van der Waals surface area contributed by atoms with Crippen molar-refractivity contribution in [3.63, 3.8) is 0 Å². The number of hydrogen-bond donors (Lipinski definition) is 2. The third-order valence-corrected chi connectivity index (χ3v) is 4.36. The highest BCUT2D eigenvalue weighted by Crippen LogP contribution is 2.29. The molecule has 7 heteroatoms. The molecule has 2 rings (SSSR count). The highest BCUT2D eigenvalue weighted by molar-refractivity contribution is 7.99. The van der Waals surface area contributed by atoms with Gasteiger partial charge in [-0.25, -0.2) is 0 Å². The van der Waals surface area contributed by atoms with E-state index in [0.29, 0.717) is 12.2 Å². The van der Waals surface area contributed by atoms with Crippen LogP contribution in [0.3, 0.4) is 0 Å². The summed E-state index contributed by atoms with van der Waals surface area (Å²) >= 11 is 1.50. The lowest BCUT2D eigenvalue weighted by Crippen LogP contribution is -2.47. The van der Waals surface area contributed by atoms with E-state index in [9.17, 15) is 23.1 Å². The van der Waals surface area contributed by atoms with Gasteiger partial charge in [-0.05, 0) is 30.4 Å². The fourth-order valence-corrected chi connectivity index (χ4v) is 3.18. The zero-order valence-corrected chi connectivity index (χ0v) is 12.4. The molecule has 0 aliphatic carbocycles. The van der Waals surface area contributed by atoms with Crippen LogP contribution in [0.25, 0.3) is 0 Å². The first kappa shape index (κ1) is 16.7. The van der Waals surface area contributed by atoms with Gasteiger partial charge >= 0.3 is 6.18 Å². The molecule has 2 N–H and O–H groups in total. The first-order valence-corrected chi connectivity index (χ1v) is 7.71. The molecule has 1 aromatic rings. The number of thioether (sulfide) groups is 1. The van der Waals surface area contributed by atoms with E-state index >= 15 is 0 Å². The van der Waals surface area contributed by atoms with E-state index in [1.165, 1.54) is 23.9 Å². The number of aliphatic hydroxyl groups is 1. The van der Waals surface area contributed by atoms with Crippen LogP contribution in [0.4, 0.5) is 13.2 Å². The van der Waals surface area contributed by atoms with Gasteiger partial charge in [0, 0.05) is 11.3 Å². The molecule has 0 radical (unpaired) electrons. The van der Waals surface area contributed by atoms with Crippen molar-refractivity contribution in [3.8, 4) is 11.8 Å². The van der Waals surface area contributed by atoms with Gasteiger partial charge in [-0.1, -0.05) is 17.9 Å². The molecular formula is C15H14F3NO2S. The molecular weight excluding hydrogens is 315 g/mol. The van der Waals surface area contributed by atoms with Crippen LogP contribution in [0.1, 0.15) is 17.5 Å². The van der Waals surface area contributed by atoms with Crippen LogP contribution in [-0.2, 0) is 11.0 Å². The molecule has 1 unspecified atom stereocenters. The predicted molar refractivity (Wildman–Crippen MR) is 78.2 cm³/mol. The van der Waals surface area contributed by atoms with Gasteiger partial charge in [0.05, 0.1) is 12.1 Å². The molecule has 1 heterocycles. The molecule has 1 atom stereocenters. The smallest absolute Gasteiger partial charge is 0.379 e. The lowest BCUT2D eigenvalue weighted by molar-refractivity contribution is -0.138. The second-order valence-corrected chi connectivity index (χ2v) is 6.00. The third kappa shape index (κ3) is 4.18. The van der Waals surface area contributed by atoms with Gasteiger partial charge in [-0.15, -0.1) is 0 Å². The molecule has 118 valence electrons. The number of halogens is 3. The zero-order valence-electron chi connectivity index (χ0n) is 11.5. The van der Waals surface area contributed by atoms with Crippen LogP contribution in [0, 0.1) is 11.8 Å². The predicted octanol–water partition coefficient (Wildman–Crippen LogP) is 2.04. The Morgan fingerprint density at radius 3 is 2.86 bits per heavy atom. The highest BCUT2D eigenvalue weighted by atomic mass is 32.2. The van der Waals surface area contributed by atoms with Gasteiger partial charge in [0.2, 0.25) is 0 Å². The number of benzene rings is 1. The van der Waals surface area contributed by atoms with Crippen molar-refractivity contribution >= 4 is 17.7 Å². The van der Waals surface area contributed by atoms with Crippen LogP contribution >= 0.6 is 11.8 Å². The monoisotopic (exact) mass is 329 g/mol. The van der Waals surface area contributed by atoms with Crippen molar-refractivity contribution in [2.45, 2.75) is 18.2 Å². The Labute approximate surface area is 130 Å². The minimum atomic E-state index is -4.41. The molecule has 1 aliphatic heterocycles. The van der Waals surface area contributed by atoms with Crippen LogP contribution in [-0.4, -0.2) is 34.7 Å². The van der Waals surface area contributed by atoms with Crippen LogP contribution in [0.15, 0.2) is 24.3 Å². The zero-order chi connectivity index (χ0) is 16.2. The number of carbonyl (C=O) groups excluding carboxylic acids is 1. The number of rotatable bonds is 2. The Morgan fingerprint density at radius 1 is 1.45 bits per heavy atom. The molecule has 0 bridgehead atoms. The second-order valence-electron chi connectivity index (χ2n) is 4.90. The van der Waals surface area contributed by atoms with E-state index in [2.05, 4.69) is 17.2 Å². The first-order chi connectivity index (χ1) is 10.3. The molecule has 22 heavy (non-hydrogen) atoms. The van der Waals surface area contributed by atoms with E-state index in [1.54, 1.807) is 0 Å². The standard InChI is InChI=1S/C15H14F3NO2S/c16-15(17,18)12-5-1-3-11(9-12)4-2-7-19-13(20)14(21)6-8-22-10-14/h1,3,5,9,21H,6-8,10H2,(H,19,20). The minimum absolute atomic E-state index is 0.0257. The summed E-state index contributed by atoms with van der Waals surface area (Å²) in [6.07, 6.45) is -4.01. The van der Waals surface area contributed by atoms with Crippen molar-refractivity contribution in [1.29, 1.82) is 0 Å². The molecule has 0 aromatic heterocycles. The van der Waals surface area contributed by atoms with Crippen molar-refractivity contribution < 1.29 is 23.1 Å². The molecule has 1 amide bonds. The lowest BCUT2D eigenvalue weighted by atomic mass is 10.0. The van der Waals surface area contributed by atoms with Crippen molar-refractivity contribution in [3.05, 3.63) is 35.4 Å². The van der Waals surface area contributed by atoms with Crippen molar-refractivity contribution in [2.75, 3.05) is 18.1 Å². The Hall–Kier alpha value is -1.65. The minimum Gasteiger partial charge on any atom is -0.379 e. The summed E-state index contributed by atoms with van der Waals surface area (Å²) in [6, 6.07) is 4.67. The summed E-state index contributed by atoms with van der Waals surface area (Å²) in [5, 5.41) is 12.5. The van der Waals surface area contributed by atoms with Gasteiger partial charge < -0.3 is 10.4 Å². The number of alkyl halides is 3. The molecule has 1 fully saturated rings. The van der Waals surface area contributed by atoms with Gasteiger partial charge in [0.25, 0.3) is 5.91 Å². The fraction of sp³-hybridized carbons (Fsp3) is 0.400. The van der Waals surface area contributed by atoms with Crippen molar-refractivity contribution in [1.82, 2.24) is 5.32 Å². The average Bonchev–Trinajstić information content (AvgIpc) is 2.91. The van der Waals surface area contributed by atoms with Crippen molar-refractivity contribution in [2.24, 2.45) is 0 Å². The number of carbonyl (C=O) groups is 1. The maximum absolute atomic E-state index is 12.5. The average molecular weight is 329 g/mol. The SMILES string of the molecule is O=C(NCC#Cc1cccc(C(F)(F)F)c1)C1(O)CCSC1. The third-order valence-electron chi connectivity index (χ3n) is 3.18. The van der Waals surface area contributed by atoms with Gasteiger partial charge in [0.1, 0.15) is 0 Å². The summed E-state index contributed by atoms with van der Waals surface area (Å²) < 4.78 is 37.6.